The molecule has 0 aliphatic carbocycles. The Morgan fingerprint density at radius 2 is 1.00 bits per heavy atom. The van der Waals surface area contributed by atoms with Crippen LogP contribution in [0, 0.1) is 0 Å². The molecule has 5 heteroatoms. The van der Waals surface area contributed by atoms with Gasteiger partial charge in [-0.15, -0.1) is 33.2 Å². The highest BCUT2D eigenvalue weighted by atomic mass is 79.9. The van der Waals surface area contributed by atoms with Crippen molar-refractivity contribution in [1.82, 2.24) is 0 Å². The monoisotopic (exact) mass is 436 g/mol. The summed E-state index contributed by atoms with van der Waals surface area (Å²) in [5.41, 5.74) is 0. The van der Waals surface area contributed by atoms with Gasteiger partial charge in [0.1, 0.15) is 0 Å². The number of alkyl halides is 1. The van der Waals surface area contributed by atoms with Crippen LogP contribution in [0.2, 0.25) is 0 Å². The molecule has 0 spiro atoms. The first-order valence-corrected chi connectivity index (χ1v) is 14.7. The zero-order valence-electron chi connectivity index (χ0n) is 13.5. The number of hydrogen-bond donors (Lipinski definition) is 0. The summed E-state index contributed by atoms with van der Waals surface area (Å²) < 4.78 is 0.114. The van der Waals surface area contributed by atoms with Crippen molar-refractivity contribution in [2.24, 2.45) is 0 Å². The van der Waals surface area contributed by atoms with Crippen molar-refractivity contribution in [2.45, 2.75) is 101 Å². The maximum Gasteiger partial charge on any atom is 0.354 e. The van der Waals surface area contributed by atoms with Gasteiger partial charge in [-0.2, -0.15) is 0 Å². The minimum absolute atomic E-state index is 0.114. The lowest BCUT2D eigenvalue weighted by atomic mass is 10.0. The van der Waals surface area contributed by atoms with E-state index >= 15 is 0 Å². The molecule has 0 aromatic carbocycles. The topological polar surface area (TPSA) is 0 Å². The lowest BCUT2D eigenvalue weighted by Gasteiger charge is -2.15. The Labute approximate surface area is 155 Å². The summed E-state index contributed by atoms with van der Waals surface area (Å²) in [5, 5.41) is 0. The van der Waals surface area contributed by atoms with Gasteiger partial charge in [0.2, 0.25) is 0 Å². The van der Waals surface area contributed by atoms with Gasteiger partial charge in [0.25, 0.3) is 0 Å². The van der Waals surface area contributed by atoms with Crippen LogP contribution < -0.4 is 0 Å². The molecule has 0 radical (unpaired) electrons. The van der Waals surface area contributed by atoms with Crippen molar-refractivity contribution in [3.8, 4) is 0 Å². The van der Waals surface area contributed by atoms with Crippen LogP contribution in [0.5, 0.6) is 0 Å². The van der Waals surface area contributed by atoms with Gasteiger partial charge in [0, 0.05) is 0 Å². The largest absolute Gasteiger partial charge is 0.354 e. The molecular formula is C16H32BrCl3Si. The van der Waals surface area contributed by atoms with E-state index < -0.39 is 6.00 Å². The second-order valence-electron chi connectivity index (χ2n) is 6.04. The Morgan fingerprint density at radius 1 is 0.667 bits per heavy atom. The fraction of sp³-hybridized carbons (Fsp3) is 1.00. The highest BCUT2D eigenvalue weighted by Gasteiger charge is 2.34. The second-order valence-corrected chi connectivity index (χ2v) is 16.9. The number of halogens is 4. The smallest absolute Gasteiger partial charge is 0.125 e. The van der Waals surface area contributed by atoms with E-state index in [1.165, 1.54) is 83.5 Å². The highest BCUT2D eigenvalue weighted by Crippen LogP contribution is 2.32. The maximum absolute atomic E-state index is 5.96. The summed E-state index contributed by atoms with van der Waals surface area (Å²) in [6.07, 6.45) is 18.9. The molecule has 1 atom stereocenters. The van der Waals surface area contributed by atoms with E-state index in [0.29, 0.717) is 0 Å². The molecule has 0 saturated heterocycles. The van der Waals surface area contributed by atoms with Crippen molar-refractivity contribution >= 4 is 55.2 Å². The summed E-state index contributed by atoms with van der Waals surface area (Å²) in [5.74, 6) is 0. The average molecular weight is 439 g/mol. The summed E-state index contributed by atoms with van der Waals surface area (Å²) in [7, 11) is 0. The van der Waals surface area contributed by atoms with Crippen LogP contribution in [0.25, 0.3) is 0 Å². The molecule has 0 aliphatic heterocycles. The predicted molar refractivity (Wildman–Crippen MR) is 106 cm³/mol. The molecule has 0 aromatic rings. The Kier molecular flexibility index (Phi) is 16.2. The van der Waals surface area contributed by atoms with Crippen LogP contribution in [0.1, 0.15) is 96.8 Å². The molecule has 0 fully saturated rings. The lowest BCUT2D eigenvalue weighted by molar-refractivity contribution is 0.538. The Hall–Kier alpha value is 1.57. The first-order valence-electron chi connectivity index (χ1n) is 8.69. The fourth-order valence-electron chi connectivity index (χ4n) is 2.50. The molecule has 128 valence electrons. The predicted octanol–water partition coefficient (Wildman–Crippen LogP) is 8.43. The van der Waals surface area contributed by atoms with Crippen LogP contribution in [0.4, 0.5) is 0 Å². The van der Waals surface area contributed by atoms with Crippen molar-refractivity contribution in [1.29, 1.82) is 0 Å². The van der Waals surface area contributed by atoms with E-state index in [-0.39, 0.29) is 4.45 Å². The van der Waals surface area contributed by atoms with Crippen LogP contribution in [-0.2, 0) is 0 Å². The zero-order chi connectivity index (χ0) is 16.0. The van der Waals surface area contributed by atoms with E-state index in [2.05, 4.69) is 22.9 Å². The Balaban J connectivity index is 3.13. The van der Waals surface area contributed by atoms with E-state index in [9.17, 15) is 0 Å². The molecule has 0 rings (SSSR count). The number of rotatable bonds is 15. The number of unbranched alkanes of at least 4 members (excludes halogenated alkanes) is 12. The Bertz CT molecular complexity index is 222. The van der Waals surface area contributed by atoms with Crippen molar-refractivity contribution in [3.63, 3.8) is 0 Å². The molecule has 0 aliphatic rings. The third kappa shape index (κ3) is 16.2. The quantitative estimate of drug-likeness (QED) is 0.104. The summed E-state index contributed by atoms with van der Waals surface area (Å²) in [6, 6.07) is -2.53. The SMILES string of the molecule is CCCCCCCCCCCCCCCC(Br)[Si](Cl)(Cl)Cl. The van der Waals surface area contributed by atoms with Gasteiger partial charge in [-0.1, -0.05) is 106 Å². The lowest BCUT2D eigenvalue weighted by Crippen LogP contribution is -2.25. The van der Waals surface area contributed by atoms with E-state index in [1.807, 2.05) is 0 Å². The molecule has 21 heavy (non-hydrogen) atoms. The zero-order valence-corrected chi connectivity index (χ0v) is 18.3. The first kappa shape index (κ1) is 22.6. The maximum atomic E-state index is 5.96. The van der Waals surface area contributed by atoms with Gasteiger partial charge in [-0.05, 0) is 6.42 Å². The van der Waals surface area contributed by atoms with E-state index in [1.54, 1.807) is 0 Å². The normalized spacial score (nSPS) is 13.6. The van der Waals surface area contributed by atoms with Gasteiger partial charge in [-0.25, -0.2) is 0 Å². The van der Waals surface area contributed by atoms with Crippen molar-refractivity contribution in [3.05, 3.63) is 0 Å². The van der Waals surface area contributed by atoms with Gasteiger partial charge in [-0.3, -0.25) is 0 Å². The van der Waals surface area contributed by atoms with Gasteiger partial charge >= 0.3 is 6.00 Å². The third-order valence-corrected chi connectivity index (χ3v) is 12.2. The molecule has 0 N–H and O–H groups in total. The molecule has 1 unspecified atom stereocenters. The molecule has 0 nitrogen and oxygen atoms in total. The molecular weight excluding hydrogens is 407 g/mol. The second kappa shape index (κ2) is 15.1. The first-order chi connectivity index (χ1) is 9.98. The van der Waals surface area contributed by atoms with Crippen LogP contribution in [0.15, 0.2) is 0 Å². The van der Waals surface area contributed by atoms with Crippen LogP contribution >= 0.6 is 49.2 Å². The average Bonchev–Trinajstić information content (AvgIpc) is 2.42. The summed E-state index contributed by atoms with van der Waals surface area (Å²) >= 11 is 21.4. The standard InChI is InChI=1S/C16H32BrCl3Si/c1-2-3-4-5-6-7-8-9-10-11-12-13-14-15-16(17)21(18,19)20/h16H,2-15H2,1H3. The van der Waals surface area contributed by atoms with Crippen molar-refractivity contribution < 1.29 is 0 Å². The third-order valence-electron chi connectivity index (χ3n) is 3.92. The van der Waals surface area contributed by atoms with Crippen LogP contribution in [0.3, 0.4) is 0 Å². The summed E-state index contributed by atoms with van der Waals surface area (Å²) in [6.45, 7) is 2.28. The molecule has 0 aromatic heterocycles. The fourth-order valence-corrected chi connectivity index (χ4v) is 4.34. The van der Waals surface area contributed by atoms with Crippen molar-refractivity contribution in [2.75, 3.05) is 0 Å². The highest BCUT2D eigenvalue weighted by molar-refractivity contribution is 9.10. The van der Waals surface area contributed by atoms with E-state index in [0.717, 1.165) is 6.42 Å². The molecule has 0 bridgehead atoms. The molecule has 0 amide bonds. The Morgan fingerprint density at radius 3 is 1.33 bits per heavy atom. The molecule has 0 heterocycles. The van der Waals surface area contributed by atoms with Gasteiger partial charge in [0.15, 0.2) is 0 Å². The minimum Gasteiger partial charge on any atom is -0.125 e. The van der Waals surface area contributed by atoms with Gasteiger partial charge < -0.3 is 0 Å². The minimum atomic E-state index is -2.53. The van der Waals surface area contributed by atoms with Gasteiger partial charge in [0.05, 0.1) is 4.45 Å². The van der Waals surface area contributed by atoms with E-state index in [4.69, 9.17) is 33.2 Å². The summed E-state index contributed by atoms with van der Waals surface area (Å²) in [4.78, 5) is 0. The molecule has 0 saturated carbocycles. The van der Waals surface area contributed by atoms with Crippen LogP contribution in [-0.4, -0.2) is 10.5 Å². The number of hydrogen-bond acceptors (Lipinski definition) is 0.